The first-order valence-corrected chi connectivity index (χ1v) is 11.7. The Hall–Kier alpha value is -1.80. The number of hydrogen-bond acceptors (Lipinski definition) is 5. The van der Waals surface area contributed by atoms with Gasteiger partial charge < -0.3 is 14.0 Å². The third-order valence-electron chi connectivity index (χ3n) is 4.54. The molecule has 3 rings (SSSR count). The molecule has 0 saturated heterocycles. The molecule has 1 aromatic heterocycles. The van der Waals surface area contributed by atoms with Gasteiger partial charge in [-0.3, -0.25) is 0 Å². The smallest absolute Gasteiger partial charge is 0.338 e. The number of imidazole rings is 1. The number of rotatable bonds is 10. The van der Waals surface area contributed by atoms with Crippen LogP contribution in [0.25, 0.3) is 11.0 Å². The number of carbonyl (C=O) groups is 1. The Kier molecular flexibility index (Phi) is 8.60. The Labute approximate surface area is 194 Å². The van der Waals surface area contributed by atoms with E-state index in [2.05, 4.69) is 4.57 Å². The van der Waals surface area contributed by atoms with Crippen LogP contribution in [0, 0.1) is 5.82 Å². The van der Waals surface area contributed by atoms with Gasteiger partial charge in [0.2, 0.25) is 0 Å². The molecule has 5 nitrogen and oxygen atoms in total. The molecule has 0 unspecified atom stereocenters. The van der Waals surface area contributed by atoms with Crippen LogP contribution in [-0.4, -0.2) is 35.3 Å². The van der Waals surface area contributed by atoms with Crippen molar-refractivity contribution in [3.63, 3.8) is 0 Å². The van der Waals surface area contributed by atoms with Crippen molar-refractivity contribution in [2.75, 3.05) is 19.8 Å². The predicted octanol–water partition coefficient (Wildman–Crippen LogP) is 6.38. The summed E-state index contributed by atoms with van der Waals surface area (Å²) >= 11 is 13.5. The summed E-state index contributed by atoms with van der Waals surface area (Å²) in [7, 11) is 0. The number of aromatic nitrogens is 2. The van der Waals surface area contributed by atoms with Gasteiger partial charge in [-0.05, 0) is 56.2 Å². The van der Waals surface area contributed by atoms with Gasteiger partial charge in [0.15, 0.2) is 5.16 Å². The Balaban J connectivity index is 1.89. The fraction of sp³-hybridized carbons (Fsp3) is 0.364. The lowest BCUT2D eigenvalue weighted by molar-refractivity contribution is 0.0526. The number of fused-ring (bicyclic) bond motifs is 1. The highest BCUT2D eigenvalue weighted by molar-refractivity contribution is 7.98. The van der Waals surface area contributed by atoms with Gasteiger partial charge in [0.05, 0.1) is 28.2 Å². The van der Waals surface area contributed by atoms with Crippen LogP contribution in [0.3, 0.4) is 0 Å². The number of benzene rings is 2. The molecule has 0 saturated carbocycles. The Morgan fingerprint density at radius 3 is 2.71 bits per heavy atom. The largest absolute Gasteiger partial charge is 0.462 e. The van der Waals surface area contributed by atoms with Gasteiger partial charge in [-0.25, -0.2) is 14.2 Å². The maximum absolute atomic E-state index is 13.9. The molecule has 0 aliphatic carbocycles. The minimum Gasteiger partial charge on any atom is -0.462 e. The lowest BCUT2D eigenvalue weighted by Crippen LogP contribution is -2.05. The van der Waals surface area contributed by atoms with Crippen molar-refractivity contribution in [3.8, 4) is 0 Å². The molecule has 0 spiro atoms. The molecule has 0 fully saturated rings. The van der Waals surface area contributed by atoms with E-state index in [9.17, 15) is 9.18 Å². The van der Waals surface area contributed by atoms with Gasteiger partial charge in [0, 0.05) is 30.5 Å². The Bertz CT molecular complexity index is 1070. The predicted molar refractivity (Wildman–Crippen MR) is 123 cm³/mol. The van der Waals surface area contributed by atoms with E-state index in [1.165, 1.54) is 23.9 Å². The van der Waals surface area contributed by atoms with Crippen molar-refractivity contribution in [1.29, 1.82) is 0 Å². The van der Waals surface area contributed by atoms with Crippen molar-refractivity contribution in [1.82, 2.24) is 9.55 Å². The number of nitrogens with zero attached hydrogens (tertiary/aromatic N) is 2. The fourth-order valence-corrected chi connectivity index (χ4v) is 4.62. The van der Waals surface area contributed by atoms with Crippen LogP contribution in [-0.2, 0) is 21.8 Å². The van der Waals surface area contributed by atoms with E-state index in [0.29, 0.717) is 53.8 Å². The summed E-state index contributed by atoms with van der Waals surface area (Å²) in [5.41, 5.74) is 2.68. The van der Waals surface area contributed by atoms with Gasteiger partial charge in [-0.1, -0.05) is 35.0 Å². The molecule has 3 aromatic rings. The topological polar surface area (TPSA) is 53.4 Å². The molecular weight excluding hydrogens is 462 g/mol. The molecule has 0 aliphatic heterocycles. The monoisotopic (exact) mass is 484 g/mol. The second kappa shape index (κ2) is 11.2. The molecule has 1 heterocycles. The highest BCUT2D eigenvalue weighted by Gasteiger charge is 2.16. The van der Waals surface area contributed by atoms with Gasteiger partial charge in [0.25, 0.3) is 0 Å². The average Bonchev–Trinajstić information content (AvgIpc) is 3.09. The second-order valence-electron chi connectivity index (χ2n) is 6.67. The zero-order valence-electron chi connectivity index (χ0n) is 17.3. The first-order valence-electron chi connectivity index (χ1n) is 9.96. The van der Waals surface area contributed by atoms with Crippen molar-refractivity contribution in [2.45, 2.75) is 37.7 Å². The fourth-order valence-electron chi connectivity index (χ4n) is 3.06. The van der Waals surface area contributed by atoms with Gasteiger partial charge >= 0.3 is 5.97 Å². The summed E-state index contributed by atoms with van der Waals surface area (Å²) in [5, 5.41) is 1.15. The number of ether oxygens (including phenoxy) is 2. The summed E-state index contributed by atoms with van der Waals surface area (Å²) in [6.45, 7) is 6.02. The second-order valence-corrected chi connectivity index (χ2v) is 8.42. The highest BCUT2D eigenvalue weighted by atomic mass is 35.5. The molecule has 2 aromatic carbocycles. The number of hydrogen-bond donors (Lipinski definition) is 0. The number of thioether (sulfide) groups is 1. The van der Waals surface area contributed by atoms with Crippen molar-refractivity contribution >= 4 is 52.0 Å². The molecule has 0 amide bonds. The third-order valence-corrected chi connectivity index (χ3v) is 6.21. The summed E-state index contributed by atoms with van der Waals surface area (Å²) in [5.74, 6) is -0.467. The minimum absolute atomic E-state index is 0.00610. The van der Waals surface area contributed by atoms with Gasteiger partial charge in [0.1, 0.15) is 5.82 Å². The lowest BCUT2D eigenvalue weighted by Gasteiger charge is -2.10. The van der Waals surface area contributed by atoms with E-state index in [1.54, 1.807) is 19.1 Å². The lowest BCUT2D eigenvalue weighted by atomic mass is 10.2. The van der Waals surface area contributed by atoms with E-state index < -0.39 is 5.82 Å². The van der Waals surface area contributed by atoms with Crippen LogP contribution in [0.5, 0.6) is 0 Å². The zero-order valence-corrected chi connectivity index (χ0v) is 19.6. The molecule has 0 aliphatic rings. The number of carbonyl (C=O) groups excluding carboxylic acids is 1. The number of halogens is 3. The van der Waals surface area contributed by atoms with Crippen molar-refractivity contribution in [3.05, 3.63) is 57.3 Å². The van der Waals surface area contributed by atoms with Crippen LogP contribution < -0.4 is 0 Å². The molecule has 0 atom stereocenters. The van der Waals surface area contributed by atoms with E-state index in [0.717, 1.165) is 17.1 Å². The van der Waals surface area contributed by atoms with Gasteiger partial charge in [-0.2, -0.15) is 0 Å². The molecule has 0 bridgehead atoms. The summed E-state index contributed by atoms with van der Waals surface area (Å²) in [6.07, 6.45) is 0.808. The molecular formula is C22H23Cl2FN2O3S. The van der Waals surface area contributed by atoms with Gasteiger partial charge in [-0.15, -0.1) is 0 Å². The molecule has 31 heavy (non-hydrogen) atoms. The SMILES string of the molecule is CCOCCCn1c(SCc2cc(F)c(Cl)cc2Cl)nc2cc(C(=O)OCC)ccc21. The summed E-state index contributed by atoms with van der Waals surface area (Å²) in [6, 6.07) is 8.09. The first kappa shape index (κ1) is 23.9. The maximum Gasteiger partial charge on any atom is 0.338 e. The molecule has 0 N–H and O–H groups in total. The van der Waals surface area contributed by atoms with Crippen molar-refractivity contribution < 1.29 is 18.7 Å². The normalized spacial score (nSPS) is 11.3. The van der Waals surface area contributed by atoms with Crippen LogP contribution in [0.15, 0.2) is 35.5 Å². The Morgan fingerprint density at radius 1 is 1.16 bits per heavy atom. The van der Waals surface area contributed by atoms with E-state index in [1.807, 2.05) is 13.0 Å². The highest BCUT2D eigenvalue weighted by Crippen LogP contribution is 2.32. The van der Waals surface area contributed by atoms with Crippen LogP contribution in [0.1, 0.15) is 36.2 Å². The number of aryl methyl sites for hydroxylation is 1. The third kappa shape index (κ3) is 5.92. The molecule has 166 valence electrons. The maximum atomic E-state index is 13.9. The molecule has 0 radical (unpaired) electrons. The average molecular weight is 485 g/mol. The van der Waals surface area contributed by atoms with E-state index >= 15 is 0 Å². The number of esters is 1. The minimum atomic E-state index is -0.508. The van der Waals surface area contributed by atoms with Crippen LogP contribution >= 0.6 is 35.0 Å². The van der Waals surface area contributed by atoms with Crippen LogP contribution in [0.2, 0.25) is 10.0 Å². The Morgan fingerprint density at radius 2 is 1.97 bits per heavy atom. The molecule has 9 heteroatoms. The quantitative estimate of drug-likeness (QED) is 0.144. The standard InChI is InChI=1S/C22H23Cl2FN2O3S/c1-3-29-9-5-8-27-20-7-6-14(21(28)30-4-2)11-19(20)26-22(27)31-13-15-10-18(25)17(24)12-16(15)23/h6-7,10-12H,3-5,8-9,13H2,1-2H3. The first-order chi connectivity index (χ1) is 14.9. The van der Waals surface area contributed by atoms with E-state index in [-0.39, 0.29) is 11.0 Å². The van der Waals surface area contributed by atoms with E-state index in [4.69, 9.17) is 37.7 Å². The summed E-state index contributed by atoms with van der Waals surface area (Å²) in [4.78, 5) is 16.8. The van der Waals surface area contributed by atoms with Crippen molar-refractivity contribution in [2.24, 2.45) is 0 Å². The summed E-state index contributed by atoms with van der Waals surface area (Å²) < 4.78 is 26.5. The van der Waals surface area contributed by atoms with Crippen LogP contribution in [0.4, 0.5) is 4.39 Å². The zero-order chi connectivity index (χ0) is 22.4.